The number of hydrogen-bond donors (Lipinski definition) is 1. The summed E-state index contributed by atoms with van der Waals surface area (Å²) < 4.78 is 11.5. The Morgan fingerprint density at radius 1 is 1.54 bits per heavy atom. The van der Waals surface area contributed by atoms with Gasteiger partial charge in [0.1, 0.15) is 6.67 Å². The van der Waals surface area contributed by atoms with E-state index in [1.165, 1.54) is 25.3 Å². The number of carboxylic acid groups (broad SMARTS) is 1. The van der Waals surface area contributed by atoms with Crippen LogP contribution in [0.2, 0.25) is 0 Å². The molecule has 0 bridgehead atoms. The number of halogens is 1. The van der Waals surface area contributed by atoms with Gasteiger partial charge in [-0.15, -0.1) is 0 Å². The molecule has 0 aliphatic carbocycles. The van der Waals surface area contributed by atoms with E-state index >= 15 is 0 Å². The first-order chi connectivity index (χ1) is 6.18. The average molecular weight is 185 g/mol. The van der Waals surface area contributed by atoms with E-state index in [4.69, 9.17) is 5.11 Å². The summed E-state index contributed by atoms with van der Waals surface area (Å²) in [4.78, 5) is 14.1. The molecule has 0 rings (SSSR count). The van der Waals surface area contributed by atoms with Crippen LogP contribution in [-0.4, -0.2) is 30.5 Å². The highest BCUT2D eigenvalue weighted by atomic mass is 19.1. The Hall–Kier alpha value is -1.45. The second-order valence-corrected chi connectivity index (χ2v) is 2.29. The van der Waals surface area contributed by atoms with Crippen molar-refractivity contribution in [3.8, 4) is 0 Å². The van der Waals surface area contributed by atoms with Gasteiger partial charge in [0.15, 0.2) is 0 Å². The number of rotatable bonds is 5. The van der Waals surface area contributed by atoms with E-state index in [0.29, 0.717) is 6.54 Å². The van der Waals surface area contributed by atoms with Gasteiger partial charge in [0.25, 0.3) is 0 Å². The first-order valence-corrected chi connectivity index (χ1v) is 3.79. The Labute approximate surface area is 76.3 Å². The molecular weight excluding hydrogens is 173 g/mol. The van der Waals surface area contributed by atoms with Gasteiger partial charge in [-0.25, -0.2) is 9.18 Å². The molecule has 13 heavy (non-hydrogen) atoms. The minimum Gasteiger partial charge on any atom is -0.478 e. The molecule has 1 N–H and O–H groups in total. The monoisotopic (exact) mass is 185 g/mol. The van der Waals surface area contributed by atoms with Crippen LogP contribution in [0.3, 0.4) is 0 Å². The summed E-state index contributed by atoms with van der Waals surface area (Å²) in [5.74, 6) is -0.967. The summed E-state index contributed by atoms with van der Waals surface area (Å²) >= 11 is 0. The fraction of sp³-hybridized carbons (Fsp3) is 0.333. The molecule has 0 aliphatic rings. The minimum absolute atomic E-state index is 0.221. The van der Waals surface area contributed by atoms with E-state index in [1.54, 1.807) is 6.08 Å². The molecule has 0 saturated carbocycles. The van der Waals surface area contributed by atoms with Gasteiger partial charge in [0.2, 0.25) is 0 Å². The lowest BCUT2D eigenvalue weighted by Crippen LogP contribution is -1.95. The van der Waals surface area contributed by atoms with Crippen molar-refractivity contribution in [2.45, 2.75) is 6.92 Å². The summed E-state index contributed by atoms with van der Waals surface area (Å²) in [7, 11) is 0. The van der Waals surface area contributed by atoms with Crippen LogP contribution in [0.4, 0.5) is 4.39 Å². The van der Waals surface area contributed by atoms with Gasteiger partial charge in [-0.2, -0.15) is 0 Å². The highest BCUT2D eigenvalue weighted by Crippen LogP contribution is 1.88. The van der Waals surface area contributed by atoms with Crippen molar-refractivity contribution < 1.29 is 14.3 Å². The molecule has 0 fully saturated rings. The summed E-state index contributed by atoms with van der Waals surface area (Å²) in [6, 6.07) is 0. The van der Waals surface area contributed by atoms with Crippen molar-refractivity contribution in [2.75, 3.05) is 13.2 Å². The van der Waals surface area contributed by atoms with E-state index in [9.17, 15) is 9.18 Å². The zero-order valence-corrected chi connectivity index (χ0v) is 7.40. The number of aliphatic imine (C=N–C) groups is 1. The van der Waals surface area contributed by atoms with Gasteiger partial charge in [-0.3, -0.25) is 4.99 Å². The number of nitrogens with zero attached hydrogens (tertiary/aromatic N) is 1. The maximum Gasteiger partial charge on any atom is 0.331 e. The van der Waals surface area contributed by atoms with E-state index in [2.05, 4.69) is 4.99 Å². The van der Waals surface area contributed by atoms with E-state index < -0.39 is 12.6 Å². The lowest BCUT2D eigenvalue weighted by atomic mass is 10.3. The van der Waals surface area contributed by atoms with Gasteiger partial charge in [0.05, 0.1) is 6.54 Å². The van der Waals surface area contributed by atoms with Crippen LogP contribution in [0.1, 0.15) is 6.92 Å². The molecule has 72 valence electrons. The summed E-state index contributed by atoms with van der Waals surface area (Å²) in [5.41, 5.74) is 0.221. The summed E-state index contributed by atoms with van der Waals surface area (Å²) in [6.07, 6.45) is 5.71. The summed E-state index contributed by atoms with van der Waals surface area (Å²) in [6.45, 7) is 1.35. The molecule has 0 spiro atoms. The minimum atomic E-state index is -0.967. The smallest absolute Gasteiger partial charge is 0.331 e. The quantitative estimate of drug-likeness (QED) is 0.402. The molecular formula is C9H12FNO2. The highest BCUT2D eigenvalue weighted by Gasteiger charge is 1.95. The molecule has 0 amide bonds. The van der Waals surface area contributed by atoms with Crippen LogP contribution in [0.15, 0.2) is 28.8 Å². The van der Waals surface area contributed by atoms with Crippen LogP contribution in [0.5, 0.6) is 0 Å². The van der Waals surface area contributed by atoms with Crippen LogP contribution in [-0.2, 0) is 4.79 Å². The molecule has 0 atom stereocenters. The highest BCUT2D eigenvalue weighted by molar-refractivity contribution is 5.91. The zero-order chi connectivity index (χ0) is 10.1. The molecule has 0 aliphatic heterocycles. The predicted molar refractivity (Wildman–Crippen MR) is 49.9 cm³/mol. The van der Waals surface area contributed by atoms with E-state index in [0.717, 1.165) is 0 Å². The predicted octanol–water partition coefficient (Wildman–Crippen LogP) is 1.61. The SMILES string of the molecule is C/C(=C\C=N/CC=CCF)C(=O)O. The number of alkyl halides is 1. The van der Waals surface area contributed by atoms with Gasteiger partial charge in [-0.05, 0) is 13.0 Å². The first-order valence-electron chi connectivity index (χ1n) is 3.79. The largest absolute Gasteiger partial charge is 0.478 e. The Balaban J connectivity index is 3.80. The van der Waals surface area contributed by atoms with Gasteiger partial charge >= 0.3 is 5.97 Å². The van der Waals surface area contributed by atoms with Crippen LogP contribution < -0.4 is 0 Å². The molecule has 0 radical (unpaired) electrons. The van der Waals surface area contributed by atoms with Crippen molar-refractivity contribution in [1.82, 2.24) is 0 Å². The van der Waals surface area contributed by atoms with Gasteiger partial charge in [-0.1, -0.05) is 12.2 Å². The number of allylic oxidation sites excluding steroid dienone is 2. The number of aliphatic carboxylic acids is 1. The third-order valence-corrected chi connectivity index (χ3v) is 1.23. The second-order valence-electron chi connectivity index (χ2n) is 2.29. The average Bonchev–Trinajstić information content (AvgIpc) is 2.10. The Kier molecular flexibility index (Phi) is 6.41. The van der Waals surface area contributed by atoms with Crippen molar-refractivity contribution in [3.05, 3.63) is 23.8 Å². The summed E-state index contributed by atoms with van der Waals surface area (Å²) in [5, 5.41) is 8.43. The fourth-order valence-electron chi connectivity index (χ4n) is 0.495. The number of carboxylic acids is 1. The standard InChI is InChI=1S/C9H12FNO2/c1-8(9(12)13)4-7-11-6-3-2-5-10/h2-4,7H,5-6H2,1H3,(H,12,13)/b3-2?,8-4+,11-7-. The molecule has 0 aromatic heterocycles. The van der Waals surface area contributed by atoms with Gasteiger partial charge < -0.3 is 5.11 Å². The lowest BCUT2D eigenvalue weighted by Gasteiger charge is -1.87. The fourth-order valence-corrected chi connectivity index (χ4v) is 0.495. The van der Waals surface area contributed by atoms with Crippen LogP contribution >= 0.6 is 0 Å². The molecule has 0 aromatic rings. The molecule has 0 heterocycles. The second kappa shape index (κ2) is 7.21. The van der Waals surface area contributed by atoms with Crippen molar-refractivity contribution in [1.29, 1.82) is 0 Å². The molecule has 4 heteroatoms. The topological polar surface area (TPSA) is 49.7 Å². The molecule has 0 saturated heterocycles. The van der Waals surface area contributed by atoms with E-state index in [-0.39, 0.29) is 5.57 Å². The van der Waals surface area contributed by atoms with Crippen LogP contribution in [0, 0.1) is 0 Å². The third kappa shape index (κ3) is 6.93. The Bertz CT molecular complexity index is 244. The molecule has 0 unspecified atom stereocenters. The van der Waals surface area contributed by atoms with Crippen molar-refractivity contribution in [2.24, 2.45) is 4.99 Å². The number of carbonyl (C=O) groups is 1. The zero-order valence-electron chi connectivity index (χ0n) is 7.40. The normalized spacial score (nSPS) is 12.9. The van der Waals surface area contributed by atoms with Crippen molar-refractivity contribution >= 4 is 12.2 Å². The Morgan fingerprint density at radius 2 is 2.23 bits per heavy atom. The van der Waals surface area contributed by atoms with Crippen LogP contribution in [0.25, 0.3) is 0 Å². The molecule has 3 nitrogen and oxygen atoms in total. The maximum atomic E-state index is 11.5. The third-order valence-electron chi connectivity index (χ3n) is 1.23. The van der Waals surface area contributed by atoms with Crippen molar-refractivity contribution in [3.63, 3.8) is 0 Å². The molecule has 0 aromatic carbocycles. The lowest BCUT2D eigenvalue weighted by molar-refractivity contribution is -0.132. The number of hydrogen-bond acceptors (Lipinski definition) is 2. The first kappa shape index (κ1) is 11.6. The van der Waals surface area contributed by atoms with E-state index in [1.807, 2.05) is 0 Å². The maximum absolute atomic E-state index is 11.5. The van der Waals surface area contributed by atoms with Gasteiger partial charge in [0, 0.05) is 11.8 Å². The Morgan fingerprint density at radius 3 is 2.77 bits per heavy atom.